The predicted octanol–water partition coefficient (Wildman–Crippen LogP) is 3.79. The summed E-state index contributed by atoms with van der Waals surface area (Å²) in [6.45, 7) is 5.85. The van der Waals surface area contributed by atoms with E-state index in [1.165, 1.54) is 14.0 Å². The standard InChI is InChI=1S/C22H25NO4/c1-5-19-12-18(13-20(22(25)26-4)23-16(3)24)11-15(2)21(19)27-14-17-9-7-6-8-10-17/h6-13H,5,14H2,1-4H3,(H,23,24)/b20-13-. The molecule has 27 heavy (non-hydrogen) atoms. The quantitative estimate of drug-likeness (QED) is 0.597. The van der Waals surface area contributed by atoms with E-state index >= 15 is 0 Å². The smallest absolute Gasteiger partial charge is 0.354 e. The van der Waals surface area contributed by atoms with Crippen molar-refractivity contribution in [2.24, 2.45) is 0 Å². The normalized spacial score (nSPS) is 11.0. The Labute approximate surface area is 160 Å². The molecular formula is C22H25NO4. The van der Waals surface area contributed by atoms with Gasteiger partial charge in [-0.25, -0.2) is 4.79 Å². The van der Waals surface area contributed by atoms with Crippen LogP contribution in [0.4, 0.5) is 0 Å². The van der Waals surface area contributed by atoms with Crippen molar-refractivity contribution in [1.29, 1.82) is 0 Å². The minimum atomic E-state index is -0.592. The van der Waals surface area contributed by atoms with Crippen LogP contribution in [0.2, 0.25) is 0 Å². The second kappa shape index (κ2) is 9.57. The van der Waals surface area contributed by atoms with Gasteiger partial charge in [0.2, 0.25) is 5.91 Å². The van der Waals surface area contributed by atoms with Crippen LogP contribution in [0.1, 0.15) is 36.1 Å². The van der Waals surface area contributed by atoms with Crippen LogP contribution in [0.25, 0.3) is 6.08 Å². The maximum Gasteiger partial charge on any atom is 0.354 e. The Hall–Kier alpha value is -3.08. The van der Waals surface area contributed by atoms with Crippen LogP contribution >= 0.6 is 0 Å². The second-order valence-corrected chi connectivity index (χ2v) is 6.18. The average molecular weight is 367 g/mol. The number of hydrogen-bond donors (Lipinski definition) is 1. The summed E-state index contributed by atoms with van der Waals surface area (Å²) in [5.41, 5.74) is 3.99. The topological polar surface area (TPSA) is 64.6 Å². The van der Waals surface area contributed by atoms with E-state index in [0.29, 0.717) is 6.61 Å². The van der Waals surface area contributed by atoms with Crippen LogP contribution in [0, 0.1) is 6.92 Å². The third kappa shape index (κ3) is 5.71. The van der Waals surface area contributed by atoms with E-state index in [0.717, 1.165) is 34.4 Å². The summed E-state index contributed by atoms with van der Waals surface area (Å²) < 4.78 is 10.8. The van der Waals surface area contributed by atoms with Crippen molar-refractivity contribution in [3.63, 3.8) is 0 Å². The number of ether oxygens (including phenoxy) is 2. The summed E-state index contributed by atoms with van der Waals surface area (Å²) in [6.07, 6.45) is 2.39. The Morgan fingerprint density at radius 2 is 1.85 bits per heavy atom. The Morgan fingerprint density at radius 3 is 2.44 bits per heavy atom. The SMILES string of the molecule is CCc1cc(/C=C(\NC(C)=O)C(=O)OC)cc(C)c1OCc1ccccc1. The second-order valence-electron chi connectivity index (χ2n) is 6.18. The van der Waals surface area contributed by atoms with Gasteiger partial charge in [-0.15, -0.1) is 0 Å². The van der Waals surface area contributed by atoms with Crippen molar-refractivity contribution in [1.82, 2.24) is 5.32 Å². The van der Waals surface area contributed by atoms with E-state index in [-0.39, 0.29) is 11.6 Å². The molecule has 0 saturated heterocycles. The molecule has 0 fully saturated rings. The Bertz CT molecular complexity index is 841. The van der Waals surface area contributed by atoms with Crippen LogP contribution in [0.15, 0.2) is 48.2 Å². The van der Waals surface area contributed by atoms with E-state index in [1.807, 2.05) is 56.3 Å². The largest absolute Gasteiger partial charge is 0.488 e. The molecule has 0 aliphatic heterocycles. The highest BCUT2D eigenvalue weighted by atomic mass is 16.5. The zero-order chi connectivity index (χ0) is 19.8. The van der Waals surface area contributed by atoms with Gasteiger partial charge in [-0.2, -0.15) is 0 Å². The summed E-state index contributed by atoms with van der Waals surface area (Å²) in [4.78, 5) is 23.2. The number of esters is 1. The molecule has 0 unspecified atom stereocenters. The number of rotatable bonds is 7. The lowest BCUT2D eigenvalue weighted by Crippen LogP contribution is -2.25. The number of carbonyl (C=O) groups excluding carboxylic acids is 2. The fourth-order valence-corrected chi connectivity index (χ4v) is 2.77. The summed E-state index contributed by atoms with van der Waals surface area (Å²) in [5, 5.41) is 2.51. The lowest BCUT2D eigenvalue weighted by molar-refractivity contribution is -0.137. The first-order valence-electron chi connectivity index (χ1n) is 8.82. The lowest BCUT2D eigenvalue weighted by Gasteiger charge is -2.15. The number of methoxy groups -OCH3 is 1. The number of amides is 1. The third-order valence-electron chi connectivity index (χ3n) is 4.01. The van der Waals surface area contributed by atoms with Crippen LogP contribution < -0.4 is 10.1 Å². The third-order valence-corrected chi connectivity index (χ3v) is 4.01. The summed E-state index contributed by atoms with van der Waals surface area (Å²) in [6, 6.07) is 13.9. The maximum absolute atomic E-state index is 11.9. The molecule has 142 valence electrons. The summed E-state index contributed by atoms with van der Waals surface area (Å²) >= 11 is 0. The fourth-order valence-electron chi connectivity index (χ4n) is 2.77. The van der Waals surface area contributed by atoms with E-state index in [9.17, 15) is 9.59 Å². The number of nitrogens with one attached hydrogen (secondary N) is 1. The molecule has 2 aromatic carbocycles. The van der Waals surface area contributed by atoms with Crippen molar-refractivity contribution < 1.29 is 19.1 Å². The van der Waals surface area contributed by atoms with Crippen LogP contribution in [0.3, 0.4) is 0 Å². The molecular weight excluding hydrogens is 342 g/mol. The van der Waals surface area contributed by atoms with E-state index in [1.54, 1.807) is 6.08 Å². The van der Waals surface area contributed by atoms with Gasteiger partial charge < -0.3 is 14.8 Å². The molecule has 0 aromatic heterocycles. The Balaban J connectivity index is 2.32. The summed E-state index contributed by atoms with van der Waals surface area (Å²) in [5.74, 6) is -0.0788. The van der Waals surface area contributed by atoms with Gasteiger partial charge in [-0.1, -0.05) is 37.3 Å². The molecule has 0 heterocycles. The molecule has 1 N–H and O–H groups in total. The van der Waals surface area contributed by atoms with Gasteiger partial charge in [0.25, 0.3) is 0 Å². The zero-order valence-corrected chi connectivity index (χ0v) is 16.2. The van der Waals surface area contributed by atoms with Gasteiger partial charge in [0.15, 0.2) is 0 Å². The van der Waals surface area contributed by atoms with E-state index in [4.69, 9.17) is 9.47 Å². The van der Waals surface area contributed by atoms with Crippen molar-refractivity contribution in [3.8, 4) is 5.75 Å². The highest BCUT2D eigenvalue weighted by Gasteiger charge is 2.13. The van der Waals surface area contributed by atoms with E-state index < -0.39 is 5.97 Å². The minimum Gasteiger partial charge on any atom is -0.488 e. The minimum absolute atomic E-state index is 0.101. The monoisotopic (exact) mass is 367 g/mol. The molecule has 0 aliphatic carbocycles. The first-order valence-corrected chi connectivity index (χ1v) is 8.82. The molecule has 5 heteroatoms. The maximum atomic E-state index is 11.9. The molecule has 2 rings (SSSR count). The van der Waals surface area contributed by atoms with Crippen LogP contribution in [-0.4, -0.2) is 19.0 Å². The number of benzene rings is 2. The fraction of sp³-hybridized carbons (Fsp3) is 0.273. The van der Waals surface area contributed by atoms with Gasteiger partial charge in [0, 0.05) is 6.92 Å². The molecule has 0 atom stereocenters. The first kappa shape index (κ1) is 20.2. The average Bonchev–Trinajstić information content (AvgIpc) is 2.66. The number of hydrogen-bond acceptors (Lipinski definition) is 4. The van der Waals surface area contributed by atoms with Crippen LogP contribution in [-0.2, 0) is 27.4 Å². The Kier molecular flexibility index (Phi) is 7.17. The van der Waals surface area contributed by atoms with Gasteiger partial charge in [0.1, 0.15) is 18.1 Å². The van der Waals surface area contributed by atoms with Crippen molar-refractivity contribution in [3.05, 3.63) is 70.4 Å². The molecule has 0 bridgehead atoms. The number of aryl methyl sites for hydroxylation is 2. The zero-order valence-electron chi connectivity index (χ0n) is 16.2. The molecule has 0 saturated carbocycles. The molecule has 5 nitrogen and oxygen atoms in total. The first-order chi connectivity index (χ1) is 12.9. The van der Waals surface area contributed by atoms with Crippen molar-refractivity contribution in [2.75, 3.05) is 7.11 Å². The molecule has 0 aliphatic rings. The van der Waals surface area contributed by atoms with Crippen LogP contribution in [0.5, 0.6) is 5.75 Å². The predicted molar refractivity (Wildman–Crippen MR) is 105 cm³/mol. The summed E-state index contributed by atoms with van der Waals surface area (Å²) in [7, 11) is 1.28. The number of carbonyl (C=O) groups is 2. The van der Waals surface area contributed by atoms with Gasteiger partial charge in [-0.3, -0.25) is 4.79 Å². The highest BCUT2D eigenvalue weighted by Crippen LogP contribution is 2.28. The molecule has 0 radical (unpaired) electrons. The lowest BCUT2D eigenvalue weighted by atomic mass is 10.0. The van der Waals surface area contributed by atoms with Gasteiger partial charge in [-0.05, 0) is 53.8 Å². The highest BCUT2D eigenvalue weighted by molar-refractivity contribution is 5.97. The van der Waals surface area contributed by atoms with Gasteiger partial charge >= 0.3 is 5.97 Å². The Morgan fingerprint density at radius 1 is 1.15 bits per heavy atom. The molecule has 0 spiro atoms. The van der Waals surface area contributed by atoms with E-state index in [2.05, 4.69) is 5.32 Å². The van der Waals surface area contributed by atoms with Crippen molar-refractivity contribution >= 4 is 18.0 Å². The molecule has 1 amide bonds. The molecule has 2 aromatic rings. The van der Waals surface area contributed by atoms with Gasteiger partial charge in [0.05, 0.1) is 7.11 Å². The van der Waals surface area contributed by atoms with Crippen molar-refractivity contribution in [2.45, 2.75) is 33.8 Å².